The largest absolute Gasteiger partial charge is 0.462 e. The third-order valence-corrected chi connectivity index (χ3v) is 4.32. The van der Waals surface area contributed by atoms with Gasteiger partial charge in [0.25, 0.3) is 0 Å². The van der Waals surface area contributed by atoms with Crippen LogP contribution in [0.5, 0.6) is 0 Å². The second-order valence-electron chi connectivity index (χ2n) is 7.05. The smallest absolute Gasteiger partial charge is 0.338 e. The average Bonchev–Trinajstić information content (AvgIpc) is 2.57. The Bertz CT molecular complexity index is 453. The Hall–Kier alpha value is -1.51. The molecule has 0 amide bonds. The summed E-state index contributed by atoms with van der Waals surface area (Å²) in [6.45, 7) is 8.06. The molecule has 1 rings (SSSR count). The summed E-state index contributed by atoms with van der Waals surface area (Å²) in [6.07, 6.45) is 8.77. The van der Waals surface area contributed by atoms with Crippen LogP contribution in [0.4, 0.5) is 5.69 Å². The van der Waals surface area contributed by atoms with Crippen LogP contribution in [-0.4, -0.2) is 26.2 Å². The Morgan fingerprint density at radius 1 is 1.04 bits per heavy atom. The summed E-state index contributed by atoms with van der Waals surface area (Å²) in [5, 5.41) is 0. The van der Waals surface area contributed by atoms with Crippen LogP contribution in [-0.2, 0) is 4.74 Å². The van der Waals surface area contributed by atoms with Gasteiger partial charge in [-0.3, -0.25) is 0 Å². The molecule has 0 aliphatic rings. The Morgan fingerprint density at radius 2 is 1.67 bits per heavy atom. The van der Waals surface area contributed by atoms with Gasteiger partial charge in [-0.15, -0.1) is 0 Å². The summed E-state index contributed by atoms with van der Waals surface area (Å²) in [4.78, 5) is 14.2. The molecule has 3 nitrogen and oxygen atoms in total. The van der Waals surface area contributed by atoms with E-state index in [1.807, 2.05) is 24.3 Å². The van der Waals surface area contributed by atoms with Crippen molar-refractivity contribution < 1.29 is 9.53 Å². The Morgan fingerprint density at radius 3 is 2.29 bits per heavy atom. The van der Waals surface area contributed by atoms with Gasteiger partial charge in [0.1, 0.15) is 0 Å². The van der Waals surface area contributed by atoms with Gasteiger partial charge in [0, 0.05) is 19.3 Å². The molecule has 0 N–H and O–H groups in total. The molecule has 1 aromatic carbocycles. The number of carbonyl (C=O) groups is 1. The van der Waals surface area contributed by atoms with E-state index >= 15 is 0 Å². The number of rotatable bonds is 12. The van der Waals surface area contributed by atoms with Gasteiger partial charge in [-0.2, -0.15) is 0 Å². The number of nitrogens with zero attached hydrogens (tertiary/aromatic N) is 1. The lowest BCUT2D eigenvalue weighted by Crippen LogP contribution is -2.18. The summed E-state index contributed by atoms with van der Waals surface area (Å²) in [7, 11) is 2.11. The lowest BCUT2D eigenvalue weighted by molar-refractivity contribution is 0.0488. The van der Waals surface area contributed by atoms with E-state index in [1.165, 1.54) is 38.5 Å². The van der Waals surface area contributed by atoms with E-state index in [9.17, 15) is 4.79 Å². The van der Waals surface area contributed by atoms with Crippen molar-refractivity contribution in [3.8, 4) is 0 Å². The minimum Gasteiger partial charge on any atom is -0.462 e. The number of anilines is 1. The first-order valence-corrected chi connectivity index (χ1v) is 9.53. The molecule has 3 heteroatoms. The SMILES string of the molecule is CCCCCCCCN(C)c1ccc(C(=O)OCCC(C)C)cc1. The van der Waals surface area contributed by atoms with Gasteiger partial charge in [0.05, 0.1) is 12.2 Å². The first kappa shape index (κ1) is 20.5. The molecule has 0 aromatic heterocycles. The van der Waals surface area contributed by atoms with Crippen molar-refractivity contribution in [1.82, 2.24) is 0 Å². The van der Waals surface area contributed by atoms with Gasteiger partial charge in [-0.05, 0) is 43.0 Å². The van der Waals surface area contributed by atoms with E-state index in [4.69, 9.17) is 4.74 Å². The second-order valence-corrected chi connectivity index (χ2v) is 7.05. The fraction of sp³-hybridized carbons (Fsp3) is 0.667. The molecule has 0 saturated carbocycles. The maximum absolute atomic E-state index is 12.0. The van der Waals surface area contributed by atoms with Gasteiger partial charge in [-0.1, -0.05) is 52.9 Å². The predicted octanol–water partition coefficient (Wildman–Crippen LogP) is 5.69. The number of carbonyl (C=O) groups excluding carboxylic acids is 1. The van der Waals surface area contributed by atoms with Gasteiger partial charge >= 0.3 is 5.97 Å². The molecule has 0 radical (unpaired) electrons. The summed E-state index contributed by atoms with van der Waals surface area (Å²) in [5.74, 6) is 0.330. The fourth-order valence-corrected chi connectivity index (χ4v) is 2.58. The molecule has 1 aromatic rings. The molecule has 0 aliphatic carbocycles. The molecule has 0 atom stereocenters. The number of benzene rings is 1. The van der Waals surface area contributed by atoms with Crippen molar-refractivity contribution >= 4 is 11.7 Å². The second kappa shape index (κ2) is 11.9. The molecule has 0 bridgehead atoms. The van der Waals surface area contributed by atoms with E-state index in [2.05, 4.69) is 32.7 Å². The summed E-state index contributed by atoms with van der Waals surface area (Å²) in [5.41, 5.74) is 1.79. The van der Waals surface area contributed by atoms with Gasteiger partial charge in [0.15, 0.2) is 0 Å². The number of hydrogen-bond donors (Lipinski definition) is 0. The Balaban J connectivity index is 2.33. The van der Waals surface area contributed by atoms with Crippen LogP contribution in [0.1, 0.15) is 76.1 Å². The highest BCUT2D eigenvalue weighted by Crippen LogP contribution is 2.16. The molecule has 0 saturated heterocycles. The lowest BCUT2D eigenvalue weighted by atomic mass is 10.1. The van der Waals surface area contributed by atoms with Crippen molar-refractivity contribution in [3.63, 3.8) is 0 Å². The minimum atomic E-state index is -0.222. The topological polar surface area (TPSA) is 29.5 Å². The van der Waals surface area contributed by atoms with Crippen molar-refractivity contribution in [2.45, 2.75) is 65.7 Å². The number of unbranched alkanes of at least 4 members (excludes halogenated alkanes) is 5. The maximum Gasteiger partial charge on any atom is 0.338 e. The van der Waals surface area contributed by atoms with E-state index in [-0.39, 0.29) is 5.97 Å². The van der Waals surface area contributed by atoms with Gasteiger partial charge in [-0.25, -0.2) is 4.79 Å². The predicted molar refractivity (Wildman–Crippen MR) is 103 cm³/mol. The van der Waals surface area contributed by atoms with Crippen LogP contribution < -0.4 is 4.90 Å². The monoisotopic (exact) mass is 333 g/mol. The Kier molecular flexibility index (Phi) is 10.2. The summed E-state index contributed by atoms with van der Waals surface area (Å²) < 4.78 is 5.30. The van der Waals surface area contributed by atoms with Crippen LogP contribution in [0, 0.1) is 5.92 Å². The zero-order valence-corrected chi connectivity index (χ0v) is 16.0. The highest BCUT2D eigenvalue weighted by molar-refractivity contribution is 5.89. The van der Waals surface area contributed by atoms with Crippen LogP contribution in [0.15, 0.2) is 24.3 Å². The summed E-state index contributed by atoms with van der Waals surface area (Å²) in [6, 6.07) is 7.75. The Labute approximate surface area is 148 Å². The van der Waals surface area contributed by atoms with Crippen molar-refractivity contribution in [1.29, 1.82) is 0 Å². The highest BCUT2D eigenvalue weighted by Gasteiger charge is 2.08. The van der Waals surface area contributed by atoms with Crippen molar-refractivity contribution in [2.24, 2.45) is 5.92 Å². The molecule has 0 fully saturated rings. The van der Waals surface area contributed by atoms with Crippen LogP contribution in [0.3, 0.4) is 0 Å². The highest BCUT2D eigenvalue weighted by atomic mass is 16.5. The molecule has 0 aliphatic heterocycles. The normalized spacial score (nSPS) is 10.9. The summed E-state index contributed by atoms with van der Waals surface area (Å²) >= 11 is 0. The molecule has 0 spiro atoms. The molecule has 0 heterocycles. The third kappa shape index (κ3) is 8.37. The number of esters is 1. The molecule has 24 heavy (non-hydrogen) atoms. The standard InChI is InChI=1S/C21H35NO2/c1-5-6-7-8-9-10-16-22(4)20-13-11-19(12-14-20)21(23)24-17-15-18(2)3/h11-14,18H,5-10,15-17H2,1-4H3. The lowest BCUT2D eigenvalue weighted by Gasteiger charge is -2.19. The van der Waals surface area contributed by atoms with Crippen LogP contribution in [0.25, 0.3) is 0 Å². The van der Waals surface area contributed by atoms with Crippen molar-refractivity contribution in [2.75, 3.05) is 25.1 Å². The van der Waals surface area contributed by atoms with Crippen LogP contribution in [0.2, 0.25) is 0 Å². The first-order valence-electron chi connectivity index (χ1n) is 9.53. The van der Waals surface area contributed by atoms with Gasteiger partial charge in [0.2, 0.25) is 0 Å². The molecular formula is C21H35NO2. The van der Waals surface area contributed by atoms with Crippen molar-refractivity contribution in [3.05, 3.63) is 29.8 Å². The molecule has 136 valence electrons. The molecule has 0 unspecified atom stereocenters. The first-order chi connectivity index (χ1) is 11.5. The van der Waals surface area contributed by atoms with Gasteiger partial charge < -0.3 is 9.64 Å². The van der Waals surface area contributed by atoms with Crippen LogP contribution >= 0.6 is 0 Å². The van der Waals surface area contributed by atoms with E-state index in [0.717, 1.165) is 18.7 Å². The average molecular weight is 334 g/mol. The number of ether oxygens (including phenoxy) is 1. The maximum atomic E-state index is 12.0. The number of hydrogen-bond acceptors (Lipinski definition) is 3. The zero-order valence-electron chi connectivity index (χ0n) is 16.0. The third-order valence-electron chi connectivity index (χ3n) is 4.32. The fourth-order valence-electron chi connectivity index (χ4n) is 2.58. The quantitative estimate of drug-likeness (QED) is 0.364. The minimum absolute atomic E-state index is 0.222. The van der Waals surface area contributed by atoms with E-state index in [1.54, 1.807) is 0 Å². The zero-order chi connectivity index (χ0) is 17.8. The van der Waals surface area contributed by atoms with E-state index < -0.39 is 0 Å². The van der Waals surface area contributed by atoms with E-state index in [0.29, 0.717) is 18.1 Å². The molecular weight excluding hydrogens is 298 g/mol.